The number of carbonyl (C=O) groups is 2. The minimum absolute atomic E-state index is 0. The van der Waals surface area contributed by atoms with E-state index in [4.69, 9.17) is 9.40 Å². The molecule has 5 aromatic rings. The largest absolute Gasteiger partial charge is 0.506 e. The highest BCUT2D eigenvalue weighted by Gasteiger charge is 2.41. The monoisotopic (exact) mass is 769 g/mol. The van der Waals surface area contributed by atoms with E-state index in [1.807, 2.05) is 48.5 Å². The number of phenols is 1. The molecule has 0 radical (unpaired) electrons. The van der Waals surface area contributed by atoms with Gasteiger partial charge in [0.2, 0.25) is 5.91 Å². The van der Waals surface area contributed by atoms with Crippen molar-refractivity contribution in [1.29, 1.82) is 0 Å². The summed E-state index contributed by atoms with van der Waals surface area (Å²) in [6.07, 6.45) is 4.49. The molecule has 9 rings (SSSR count). The van der Waals surface area contributed by atoms with Crippen LogP contribution in [0.1, 0.15) is 66.4 Å². The number of anilines is 2. The lowest BCUT2D eigenvalue weighted by molar-refractivity contribution is -0.116. The molecule has 3 fully saturated rings. The molecule has 3 saturated heterocycles. The van der Waals surface area contributed by atoms with Gasteiger partial charge in [-0.2, -0.15) is 0 Å². The first-order chi connectivity index (χ1) is 26.3. The van der Waals surface area contributed by atoms with Crippen LogP contribution in [0.15, 0.2) is 83.3 Å². The van der Waals surface area contributed by atoms with Gasteiger partial charge in [0.05, 0.1) is 23.5 Å². The fourth-order valence-electron chi connectivity index (χ4n) is 8.56. The van der Waals surface area contributed by atoms with Crippen molar-refractivity contribution in [3.63, 3.8) is 0 Å². The molecule has 2 bridgehead atoms. The summed E-state index contributed by atoms with van der Waals surface area (Å²) in [5.41, 5.74) is 8.25. The van der Waals surface area contributed by atoms with Gasteiger partial charge >= 0.3 is 6.09 Å². The number of nitrogens with one attached hydrogen (secondary N) is 2. The number of benzene rings is 4. The standard InChI is InChI=1S/C43H47N5O6.2FH/c49-37-15-13-32(33-14-17-40(51)46-42(33)37)38(50)25-44-24-28-11-16-39-34(22-28)45-41(54-39)9-5-4-6-27-10-12-31(29-7-2-1-3-8-29)35(23-27)48(43(52)53)36-26-47-20-18-30(36)19-21-47;;/h1-3,7-8,10-13,15-16,22-23,30,36,38,44,49-50H,4-6,9,14,17-21,24-26H2,(H,46,51)(H,52,53);2*1H/t36-,38+;;/m0../s1. The fraction of sp³-hybridized carbons (Fsp3) is 0.372. The average Bonchev–Trinajstić information content (AvgIpc) is 3.60. The van der Waals surface area contributed by atoms with E-state index in [-0.39, 0.29) is 27.1 Å². The van der Waals surface area contributed by atoms with E-state index in [2.05, 4.69) is 33.7 Å². The van der Waals surface area contributed by atoms with Crippen molar-refractivity contribution < 1.29 is 38.7 Å². The van der Waals surface area contributed by atoms with E-state index >= 15 is 0 Å². The minimum atomic E-state index is -0.889. The number of aryl methyl sites for hydroxylation is 2. The highest BCUT2D eigenvalue weighted by Crippen LogP contribution is 2.39. The van der Waals surface area contributed by atoms with Crippen LogP contribution < -0.4 is 15.5 Å². The number of oxazole rings is 1. The Kier molecular flexibility index (Phi) is 12.7. The topological polar surface area (TPSA) is 151 Å². The number of hydrogen-bond donors (Lipinski definition) is 5. The molecule has 5 N–H and O–H groups in total. The van der Waals surface area contributed by atoms with Crippen molar-refractivity contribution in [2.75, 3.05) is 36.4 Å². The maximum Gasteiger partial charge on any atom is 0.412 e. The second-order valence-electron chi connectivity index (χ2n) is 14.9. The summed E-state index contributed by atoms with van der Waals surface area (Å²) in [6, 6.07) is 25.5. The van der Waals surface area contributed by atoms with Gasteiger partial charge in [0.1, 0.15) is 11.3 Å². The Balaban J connectivity index is 0.00000266. The number of aliphatic hydroxyl groups is 1. The van der Waals surface area contributed by atoms with Gasteiger partial charge < -0.3 is 35.3 Å². The number of aliphatic hydroxyl groups excluding tert-OH is 1. The maximum atomic E-state index is 12.9. The average molecular weight is 770 g/mol. The molecule has 0 aliphatic carbocycles. The lowest BCUT2D eigenvalue weighted by atomic mass is 9.82. The van der Waals surface area contributed by atoms with E-state index in [1.165, 1.54) is 6.07 Å². The molecule has 1 aromatic heterocycles. The van der Waals surface area contributed by atoms with E-state index in [1.54, 1.807) is 11.0 Å². The van der Waals surface area contributed by atoms with E-state index < -0.39 is 12.2 Å². The fourth-order valence-corrected chi connectivity index (χ4v) is 8.56. The van der Waals surface area contributed by atoms with Crippen molar-refractivity contribution >= 4 is 34.5 Å². The van der Waals surface area contributed by atoms with Crippen molar-refractivity contribution in [3.05, 3.63) is 107 Å². The number of nitrogens with zero attached hydrogens (tertiary/aromatic N) is 3. The van der Waals surface area contributed by atoms with Gasteiger partial charge in [-0.15, -0.1) is 0 Å². The molecule has 0 unspecified atom stereocenters. The molecule has 4 aliphatic heterocycles. The van der Waals surface area contributed by atoms with Crippen molar-refractivity contribution in [3.8, 4) is 16.9 Å². The maximum absolute atomic E-state index is 12.9. The number of aromatic hydroxyl groups is 1. The Morgan fingerprint density at radius 2 is 1.73 bits per heavy atom. The van der Waals surface area contributed by atoms with Crippen LogP contribution >= 0.6 is 0 Å². The van der Waals surface area contributed by atoms with Crippen LogP contribution in [0.25, 0.3) is 22.2 Å². The summed E-state index contributed by atoms with van der Waals surface area (Å²) in [6.45, 7) is 3.72. The van der Waals surface area contributed by atoms with Crippen LogP contribution in [0.5, 0.6) is 5.75 Å². The predicted octanol–water partition coefficient (Wildman–Crippen LogP) is 7.36. The van der Waals surface area contributed by atoms with Crippen LogP contribution in [-0.4, -0.2) is 69.4 Å². The van der Waals surface area contributed by atoms with Gasteiger partial charge in [-0.05, 0) is 110 Å². The Hall–Kier alpha value is -5.37. The zero-order valence-electron chi connectivity index (χ0n) is 31.2. The Labute approximate surface area is 324 Å². The summed E-state index contributed by atoms with van der Waals surface area (Å²) < 4.78 is 6.08. The SMILES string of the molecule is F.F.O=C1CCc2c([C@H](O)CNCc3ccc4oc(CCCCc5ccc(-c6ccccc6)c(N(C(=O)O)[C@H]6CN7CCC6CC7)c5)nc4c3)ccc(O)c2N1. The highest BCUT2D eigenvalue weighted by molar-refractivity contribution is 5.96. The molecule has 0 spiro atoms. The number of amides is 2. The smallest absolute Gasteiger partial charge is 0.412 e. The lowest BCUT2D eigenvalue weighted by Crippen LogP contribution is -2.59. The number of phenolic OH excluding ortho intramolecular Hbond substituents is 1. The summed E-state index contributed by atoms with van der Waals surface area (Å²) in [5.74, 6) is 0.936. The Morgan fingerprint density at radius 1 is 0.964 bits per heavy atom. The molecule has 296 valence electrons. The van der Waals surface area contributed by atoms with Gasteiger partial charge in [0.15, 0.2) is 11.5 Å². The van der Waals surface area contributed by atoms with E-state index in [0.717, 1.165) is 96.3 Å². The number of piperidine rings is 3. The zero-order valence-corrected chi connectivity index (χ0v) is 31.2. The number of hydrogen-bond acceptors (Lipinski definition) is 8. The molecule has 13 heteroatoms. The Bertz CT molecular complexity index is 2160. The molecule has 2 atom stereocenters. The van der Waals surface area contributed by atoms with Crippen LogP contribution in [0.2, 0.25) is 0 Å². The molecule has 4 aromatic carbocycles. The quantitative estimate of drug-likeness (QED) is 0.0612. The van der Waals surface area contributed by atoms with Crippen molar-refractivity contribution in [1.82, 2.24) is 15.2 Å². The van der Waals surface area contributed by atoms with E-state index in [0.29, 0.717) is 55.4 Å². The van der Waals surface area contributed by atoms with Crippen LogP contribution in [0.4, 0.5) is 25.6 Å². The van der Waals surface area contributed by atoms with Gasteiger partial charge in [0, 0.05) is 38.0 Å². The number of halogens is 2. The second-order valence-corrected chi connectivity index (χ2v) is 14.9. The third-order valence-corrected chi connectivity index (χ3v) is 11.4. The lowest BCUT2D eigenvalue weighted by Gasteiger charge is -2.48. The zero-order chi connectivity index (χ0) is 37.2. The summed E-state index contributed by atoms with van der Waals surface area (Å²) >= 11 is 0. The summed E-state index contributed by atoms with van der Waals surface area (Å²) in [7, 11) is 0. The molecular formula is C43H49F2N5O6. The van der Waals surface area contributed by atoms with Crippen molar-refractivity contribution in [2.24, 2.45) is 5.92 Å². The number of carbonyl (C=O) groups excluding carboxylic acids is 1. The van der Waals surface area contributed by atoms with Gasteiger partial charge in [-0.3, -0.25) is 19.1 Å². The van der Waals surface area contributed by atoms with Crippen LogP contribution in [0, 0.1) is 5.92 Å². The van der Waals surface area contributed by atoms with Gasteiger partial charge in [-0.25, -0.2) is 9.78 Å². The van der Waals surface area contributed by atoms with Gasteiger partial charge in [-0.1, -0.05) is 54.6 Å². The normalized spacial score (nSPS) is 19.0. The minimum Gasteiger partial charge on any atom is -0.506 e. The first-order valence-electron chi connectivity index (χ1n) is 19.2. The summed E-state index contributed by atoms with van der Waals surface area (Å²) in [4.78, 5) is 33.6. The summed E-state index contributed by atoms with van der Waals surface area (Å²) in [5, 5.41) is 37.8. The van der Waals surface area contributed by atoms with Crippen LogP contribution in [0.3, 0.4) is 0 Å². The number of carboxylic acid groups (broad SMARTS) is 1. The van der Waals surface area contributed by atoms with Gasteiger partial charge in [0.25, 0.3) is 0 Å². The molecule has 56 heavy (non-hydrogen) atoms. The number of unbranched alkanes of at least 4 members (excludes halogenated alkanes) is 1. The number of rotatable bonds is 13. The van der Waals surface area contributed by atoms with Crippen molar-refractivity contribution in [2.45, 2.75) is 70.1 Å². The highest BCUT2D eigenvalue weighted by atomic mass is 19.0. The molecule has 4 aliphatic rings. The number of fused-ring (bicyclic) bond motifs is 5. The molecule has 11 nitrogen and oxygen atoms in total. The third kappa shape index (κ3) is 8.54. The third-order valence-electron chi connectivity index (χ3n) is 11.4. The van der Waals surface area contributed by atoms with E-state index in [9.17, 15) is 24.9 Å². The molecular weight excluding hydrogens is 720 g/mol. The second kappa shape index (κ2) is 17.6. The molecule has 2 amide bonds. The first-order valence-corrected chi connectivity index (χ1v) is 19.2. The predicted molar refractivity (Wildman–Crippen MR) is 213 cm³/mol. The van der Waals surface area contributed by atoms with Crippen LogP contribution in [-0.2, 0) is 30.6 Å². The Morgan fingerprint density at radius 3 is 2.48 bits per heavy atom. The first kappa shape index (κ1) is 40.3. The molecule has 0 saturated carbocycles. The molecule has 5 heterocycles. The number of aromatic nitrogens is 1.